The highest BCUT2D eigenvalue weighted by Gasteiger charge is 2.66. The van der Waals surface area contributed by atoms with Crippen molar-refractivity contribution in [3.8, 4) is 11.5 Å². The van der Waals surface area contributed by atoms with Crippen LogP contribution in [0.1, 0.15) is 21.3 Å². The van der Waals surface area contributed by atoms with Crippen LogP contribution < -0.4 is 20.1 Å². The number of nitrogens with one attached hydrogen (secondary N) is 2. The summed E-state index contributed by atoms with van der Waals surface area (Å²) in [6.07, 6.45) is -5.29. The molecule has 2 aliphatic rings. The second-order valence-electron chi connectivity index (χ2n) is 6.27. The first-order chi connectivity index (χ1) is 13.2. The van der Waals surface area contributed by atoms with E-state index >= 15 is 0 Å². The highest BCUT2D eigenvalue weighted by atomic mass is 32.1. The minimum Gasteiger partial charge on any atom is -0.454 e. The van der Waals surface area contributed by atoms with Gasteiger partial charge in [-0.05, 0) is 29.1 Å². The molecule has 0 saturated carbocycles. The predicted molar refractivity (Wildman–Crippen MR) is 90.1 cm³/mol. The largest absolute Gasteiger partial charge is 0.454 e. The standard InChI is InChI=1S/C17H13F3N2O5S/c18-17(19,20)16(25)12(14(23)11-2-1-5-28-11)13(21-15(24)22-16)8-3-4-9-10(6-8)27-7-26-9/h1-6,12-13,25H,7H2,(H2,21,22,24)/t12-,13-,16-/m1/s1. The van der Waals surface area contributed by atoms with Crippen LogP contribution in [0.25, 0.3) is 0 Å². The van der Waals surface area contributed by atoms with Crippen LogP contribution in [0.2, 0.25) is 0 Å². The van der Waals surface area contributed by atoms with E-state index in [1.54, 1.807) is 0 Å². The molecule has 4 rings (SSSR count). The number of benzene rings is 1. The summed E-state index contributed by atoms with van der Waals surface area (Å²) in [5.74, 6) is -2.37. The number of thiophene rings is 1. The molecule has 3 heterocycles. The first kappa shape index (κ1) is 18.6. The Bertz CT molecular complexity index is 933. The van der Waals surface area contributed by atoms with Gasteiger partial charge in [-0.2, -0.15) is 13.2 Å². The van der Waals surface area contributed by atoms with Gasteiger partial charge in [-0.3, -0.25) is 4.79 Å². The Morgan fingerprint density at radius 2 is 2.00 bits per heavy atom. The zero-order valence-electron chi connectivity index (χ0n) is 13.9. The van der Waals surface area contributed by atoms with Gasteiger partial charge in [0.15, 0.2) is 17.3 Å². The summed E-state index contributed by atoms with van der Waals surface area (Å²) in [6.45, 7) is -0.0542. The van der Waals surface area contributed by atoms with Crippen LogP contribution in [0.15, 0.2) is 35.7 Å². The van der Waals surface area contributed by atoms with Crippen LogP contribution in [0.3, 0.4) is 0 Å². The maximum atomic E-state index is 13.8. The maximum Gasteiger partial charge on any atom is 0.437 e. The van der Waals surface area contributed by atoms with Gasteiger partial charge in [-0.15, -0.1) is 11.3 Å². The molecule has 3 atom stereocenters. The van der Waals surface area contributed by atoms with Gasteiger partial charge in [-0.1, -0.05) is 12.1 Å². The van der Waals surface area contributed by atoms with Gasteiger partial charge in [0.2, 0.25) is 12.5 Å². The van der Waals surface area contributed by atoms with Crippen LogP contribution in [-0.2, 0) is 0 Å². The van der Waals surface area contributed by atoms with E-state index < -0.39 is 35.7 Å². The highest BCUT2D eigenvalue weighted by molar-refractivity contribution is 7.12. The molecule has 0 spiro atoms. The monoisotopic (exact) mass is 414 g/mol. The van der Waals surface area contributed by atoms with E-state index in [1.807, 2.05) is 0 Å². The number of aliphatic hydroxyl groups is 1. The molecule has 0 aliphatic carbocycles. The molecule has 3 N–H and O–H groups in total. The quantitative estimate of drug-likeness (QED) is 0.671. The molecule has 1 aromatic heterocycles. The molecule has 0 radical (unpaired) electrons. The first-order valence-corrected chi connectivity index (χ1v) is 8.94. The van der Waals surface area contributed by atoms with E-state index in [2.05, 4.69) is 5.32 Å². The van der Waals surface area contributed by atoms with E-state index in [4.69, 9.17) is 9.47 Å². The molecule has 0 bridgehead atoms. The normalized spacial score (nSPS) is 26.5. The number of halogens is 3. The lowest BCUT2D eigenvalue weighted by molar-refractivity contribution is -0.287. The predicted octanol–water partition coefficient (Wildman–Crippen LogP) is 2.58. The molecule has 7 nitrogen and oxygen atoms in total. The van der Waals surface area contributed by atoms with Crippen molar-refractivity contribution < 1.29 is 37.3 Å². The fraction of sp³-hybridized carbons (Fsp3) is 0.294. The Morgan fingerprint density at radius 3 is 2.68 bits per heavy atom. The Balaban J connectivity index is 1.84. The van der Waals surface area contributed by atoms with E-state index in [-0.39, 0.29) is 23.0 Å². The third-order valence-corrected chi connectivity index (χ3v) is 5.49. The average Bonchev–Trinajstić information content (AvgIpc) is 3.30. The molecule has 148 valence electrons. The van der Waals surface area contributed by atoms with Crippen LogP contribution in [0.5, 0.6) is 11.5 Å². The number of carbonyl (C=O) groups is 2. The van der Waals surface area contributed by atoms with Crippen LogP contribution >= 0.6 is 11.3 Å². The SMILES string of the molecule is O=C1N[C@H](c2ccc3c(c2)OCO3)[C@H](C(=O)c2cccs2)[C@@](O)(C(F)(F)F)N1. The molecular weight excluding hydrogens is 401 g/mol. The van der Waals surface area contributed by atoms with Gasteiger partial charge in [-0.25, -0.2) is 4.79 Å². The summed E-state index contributed by atoms with van der Waals surface area (Å²) >= 11 is 0.941. The van der Waals surface area contributed by atoms with Crippen molar-refractivity contribution in [1.29, 1.82) is 0 Å². The summed E-state index contributed by atoms with van der Waals surface area (Å²) in [5, 5.41) is 15.8. The molecule has 11 heteroatoms. The number of ketones is 1. The molecule has 2 amide bonds. The molecule has 1 aromatic carbocycles. The topological polar surface area (TPSA) is 96.9 Å². The molecular formula is C17H13F3N2O5S. The second-order valence-corrected chi connectivity index (χ2v) is 7.22. The minimum atomic E-state index is -5.29. The fourth-order valence-electron chi connectivity index (χ4n) is 3.30. The van der Waals surface area contributed by atoms with Crippen molar-refractivity contribution in [2.24, 2.45) is 5.92 Å². The Labute approximate surface area is 160 Å². The van der Waals surface area contributed by atoms with E-state index in [0.717, 1.165) is 11.3 Å². The summed E-state index contributed by atoms with van der Waals surface area (Å²) < 4.78 is 51.7. The minimum absolute atomic E-state index is 0.0244. The van der Waals surface area contributed by atoms with Crippen molar-refractivity contribution in [3.63, 3.8) is 0 Å². The highest BCUT2D eigenvalue weighted by Crippen LogP contribution is 2.45. The smallest absolute Gasteiger partial charge is 0.437 e. The zero-order chi connectivity index (χ0) is 20.1. The molecule has 28 heavy (non-hydrogen) atoms. The molecule has 0 unspecified atom stereocenters. The number of fused-ring (bicyclic) bond motifs is 1. The number of Topliss-reactive ketones (excluding diaryl/α,β-unsaturated/α-hetero) is 1. The van der Waals surface area contributed by atoms with E-state index in [9.17, 15) is 27.9 Å². The summed E-state index contributed by atoms with van der Waals surface area (Å²) in [5.41, 5.74) is -3.59. The number of rotatable bonds is 3. The number of ether oxygens (including phenoxy) is 2. The molecule has 2 aliphatic heterocycles. The Morgan fingerprint density at radius 1 is 1.25 bits per heavy atom. The molecule has 2 aromatic rings. The van der Waals surface area contributed by atoms with E-state index in [1.165, 1.54) is 41.0 Å². The molecule has 1 fully saturated rings. The number of hydrogen-bond donors (Lipinski definition) is 3. The second kappa shape index (κ2) is 6.38. The van der Waals surface area contributed by atoms with Gasteiger partial charge in [0, 0.05) is 0 Å². The number of alkyl halides is 3. The Hall–Kier alpha value is -2.79. The molecule has 1 saturated heterocycles. The number of amides is 2. The lowest BCUT2D eigenvalue weighted by Gasteiger charge is -2.44. The lowest BCUT2D eigenvalue weighted by Crippen LogP contribution is -2.72. The van der Waals surface area contributed by atoms with Gasteiger partial charge in [0.25, 0.3) is 0 Å². The summed E-state index contributed by atoms with van der Waals surface area (Å²) in [7, 11) is 0. The van der Waals surface area contributed by atoms with Crippen molar-refractivity contribution in [2.75, 3.05) is 6.79 Å². The zero-order valence-corrected chi connectivity index (χ0v) is 14.8. The number of hydrogen-bond acceptors (Lipinski definition) is 6. The van der Waals surface area contributed by atoms with Crippen molar-refractivity contribution in [3.05, 3.63) is 46.2 Å². The van der Waals surface area contributed by atoms with Crippen molar-refractivity contribution in [2.45, 2.75) is 17.9 Å². The number of urea groups is 1. The third kappa shape index (κ3) is 2.87. The van der Waals surface area contributed by atoms with E-state index in [0.29, 0.717) is 5.75 Å². The van der Waals surface area contributed by atoms with Crippen LogP contribution in [0.4, 0.5) is 18.0 Å². The first-order valence-electron chi connectivity index (χ1n) is 8.06. The van der Waals surface area contributed by atoms with Gasteiger partial charge >= 0.3 is 12.2 Å². The Kier molecular flexibility index (Phi) is 4.23. The lowest BCUT2D eigenvalue weighted by atomic mass is 9.78. The average molecular weight is 414 g/mol. The van der Waals surface area contributed by atoms with Crippen LogP contribution in [0, 0.1) is 5.92 Å². The summed E-state index contributed by atoms with van der Waals surface area (Å²) in [6, 6.07) is 4.42. The van der Waals surface area contributed by atoms with Crippen molar-refractivity contribution >= 4 is 23.2 Å². The maximum absolute atomic E-state index is 13.8. The number of carbonyl (C=O) groups excluding carboxylic acids is 2. The van der Waals surface area contributed by atoms with Gasteiger partial charge in [0.1, 0.15) is 5.92 Å². The summed E-state index contributed by atoms with van der Waals surface area (Å²) in [4.78, 5) is 24.9. The van der Waals surface area contributed by atoms with Crippen molar-refractivity contribution in [1.82, 2.24) is 10.6 Å². The van der Waals surface area contributed by atoms with Gasteiger partial charge in [0.05, 0.1) is 10.9 Å². The van der Waals surface area contributed by atoms with Gasteiger partial charge < -0.3 is 25.2 Å². The third-order valence-electron chi connectivity index (χ3n) is 4.61. The fourth-order valence-corrected chi connectivity index (χ4v) is 4.00. The van der Waals surface area contributed by atoms with Crippen LogP contribution in [-0.4, -0.2) is 35.6 Å².